The Morgan fingerprint density at radius 3 is 2.79 bits per heavy atom. The number of aliphatic hydroxyl groups is 1. The second-order valence-electron chi connectivity index (χ2n) is 8.04. The van der Waals surface area contributed by atoms with Gasteiger partial charge in [0.2, 0.25) is 0 Å². The van der Waals surface area contributed by atoms with Crippen molar-refractivity contribution in [1.29, 1.82) is 0 Å². The van der Waals surface area contributed by atoms with E-state index < -0.39 is 5.60 Å². The molecule has 2 heterocycles. The van der Waals surface area contributed by atoms with Crippen molar-refractivity contribution in [1.82, 2.24) is 14.7 Å². The zero-order valence-corrected chi connectivity index (χ0v) is 14.5. The van der Waals surface area contributed by atoms with E-state index in [4.69, 9.17) is 0 Å². The lowest BCUT2D eigenvalue weighted by atomic mass is 9.97. The Labute approximate surface area is 143 Å². The molecule has 1 N–H and O–H groups in total. The van der Waals surface area contributed by atoms with Crippen LogP contribution in [0.3, 0.4) is 0 Å². The van der Waals surface area contributed by atoms with Gasteiger partial charge in [0.25, 0.3) is 5.56 Å². The quantitative estimate of drug-likeness (QED) is 0.915. The summed E-state index contributed by atoms with van der Waals surface area (Å²) in [6, 6.07) is 2.15. The number of aryl methyl sites for hydroxylation is 2. The minimum atomic E-state index is -0.503. The average Bonchev–Trinajstić information content (AvgIpc) is 3.18. The van der Waals surface area contributed by atoms with Crippen LogP contribution < -0.4 is 5.56 Å². The van der Waals surface area contributed by atoms with Gasteiger partial charge in [0.15, 0.2) is 0 Å². The van der Waals surface area contributed by atoms with Gasteiger partial charge in [0.05, 0.1) is 17.8 Å². The first-order valence-corrected chi connectivity index (χ1v) is 9.69. The molecule has 0 aromatic carbocycles. The van der Waals surface area contributed by atoms with Crippen LogP contribution in [0.4, 0.5) is 0 Å². The summed E-state index contributed by atoms with van der Waals surface area (Å²) in [5.74, 6) is 0. The third kappa shape index (κ3) is 3.29. The molecule has 1 aromatic rings. The first-order chi connectivity index (χ1) is 11.6. The fourth-order valence-electron chi connectivity index (χ4n) is 4.81. The van der Waals surface area contributed by atoms with Gasteiger partial charge in [-0.05, 0) is 63.5 Å². The maximum absolute atomic E-state index is 12.4. The molecule has 1 saturated carbocycles. The first kappa shape index (κ1) is 16.3. The molecule has 5 nitrogen and oxygen atoms in total. The highest BCUT2D eigenvalue weighted by Crippen LogP contribution is 2.32. The Morgan fingerprint density at radius 1 is 1.17 bits per heavy atom. The molecule has 1 atom stereocenters. The van der Waals surface area contributed by atoms with Crippen molar-refractivity contribution >= 4 is 0 Å². The van der Waals surface area contributed by atoms with Gasteiger partial charge in [-0.1, -0.05) is 12.8 Å². The van der Waals surface area contributed by atoms with Gasteiger partial charge >= 0.3 is 0 Å². The number of aromatic nitrogens is 2. The predicted molar refractivity (Wildman–Crippen MR) is 93.2 cm³/mol. The SMILES string of the molecule is O=c1cc2c(nn1CC1CCCN1CC1(O)CCCC1)CCCC2. The molecular weight excluding hydrogens is 302 g/mol. The molecule has 0 bridgehead atoms. The zero-order chi connectivity index (χ0) is 16.6. The summed E-state index contributed by atoms with van der Waals surface area (Å²) >= 11 is 0. The van der Waals surface area contributed by atoms with E-state index >= 15 is 0 Å². The highest BCUT2D eigenvalue weighted by molar-refractivity contribution is 5.20. The number of likely N-dealkylation sites (tertiary alicyclic amines) is 1. The van der Waals surface area contributed by atoms with E-state index in [0.29, 0.717) is 12.6 Å². The predicted octanol–water partition coefficient (Wildman–Crippen LogP) is 1.89. The van der Waals surface area contributed by atoms with Crippen LogP contribution in [0.15, 0.2) is 10.9 Å². The van der Waals surface area contributed by atoms with Crippen molar-refractivity contribution in [3.05, 3.63) is 27.7 Å². The van der Waals surface area contributed by atoms with Gasteiger partial charge in [0.1, 0.15) is 0 Å². The van der Waals surface area contributed by atoms with Gasteiger partial charge in [-0.15, -0.1) is 0 Å². The molecule has 1 aliphatic heterocycles. The van der Waals surface area contributed by atoms with Crippen molar-refractivity contribution in [3.63, 3.8) is 0 Å². The summed E-state index contributed by atoms with van der Waals surface area (Å²) in [6.45, 7) is 2.46. The maximum atomic E-state index is 12.4. The van der Waals surface area contributed by atoms with Crippen LogP contribution in [0.1, 0.15) is 62.6 Å². The molecule has 4 rings (SSSR count). The highest BCUT2D eigenvalue weighted by atomic mass is 16.3. The Balaban J connectivity index is 1.48. The number of hydrogen-bond acceptors (Lipinski definition) is 4. The minimum Gasteiger partial charge on any atom is -0.389 e. The maximum Gasteiger partial charge on any atom is 0.267 e. The van der Waals surface area contributed by atoms with Crippen LogP contribution in [-0.2, 0) is 19.4 Å². The number of β-amino-alcohol motifs (C(OH)–C–C–N with tert-alkyl or cyclic N) is 1. The average molecular weight is 331 g/mol. The number of fused-ring (bicyclic) bond motifs is 1. The number of nitrogens with zero attached hydrogens (tertiary/aromatic N) is 3. The lowest BCUT2D eigenvalue weighted by molar-refractivity contribution is 0.00354. The summed E-state index contributed by atoms with van der Waals surface area (Å²) in [4.78, 5) is 14.8. The van der Waals surface area contributed by atoms with Gasteiger partial charge < -0.3 is 5.11 Å². The monoisotopic (exact) mass is 331 g/mol. The van der Waals surface area contributed by atoms with Crippen LogP contribution in [0.2, 0.25) is 0 Å². The lowest BCUT2D eigenvalue weighted by Gasteiger charge is -2.32. The van der Waals surface area contributed by atoms with Crippen LogP contribution in [0.5, 0.6) is 0 Å². The van der Waals surface area contributed by atoms with E-state index in [0.717, 1.165) is 75.7 Å². The Bertz CT molecular complexity index is 649. The van der Waals surface area contributed by atoms with E-state index in [-0.39, 0.29) is 5.56 Å². The molecule has 24 heavy (non-hydrogen) atoms. The van der Waals surface area contributed by atoms with Crippen molar-refractivity contribution in [2.45, 2.75) is 82.4 Å². The fourth-order valence-corrected chi connectivity index (χ4v) is 4.81. The van der Waals surface area contributed by atoms with E-state index in [2.05, 4.69) is 10.00 Å². The lowest BCUT2D eigenvalue weighted by Crippen LogP contribution is -2.45. The highest BCUT2D eigenvalue weighted by Gasteiger charge is 2.37. The molecule has 5 heteroatoms. The Kier molecular flexibility index (Phi) is 4.48. The third-order valence-electron chi connectivity index (χ3n) is 6.19. The topological polar surface area (TPSA) is 58.4 Å². The van der Waals surface area contributed by atoms with Gasteiger partial charge in [-0.2, -0.15) is 5.10 Å². The van der Waals surface area contributed by atoms with Gasteiger partial charge in [-0.25, -0.2) is 4.68 Å². The molecule has 1 saturated heterocycles. The fraction of sp³-hybridized carbons (Fsp3) is 0.789. The second-order valence-corrected chi connectivity index (χ2v) is 8.04. The van der Waals surface area contributed by atoms with E-state index in [9.17, 15) is 9.90 Å². The molecule has 0 spiro atoms. The molecular formula is C19H29N3O2. The van der Waals surface area contributed by atoms with E-state index in [1.165, 1.54) is 12.8 Å². The van der Waals surface area contributed by atoms with Crippen molar-refractivity contribution in [2.75, 3.05) is 13.1 Å². The second kappa shape index (κ2) is 6.60. The molecule has 0 radical (unpaired) electrons. The number of hydrogen-bond donors (Lipinski definition) is 1. The van der Waals surface area contributed by atoms with Crippen LogP contribution in [0.25, 0.3) is 0 Å². The van der Waals surface area contributed by atoms with Crippen molar-refractivity contribution < 1.29 is 5.11 Å². The normalized spacial score (nSPS) is 26.6. The van der Waals surface area contributed by atoms with Crippen molar-refractivity contribution in [3.8, 4) is 0 Å². The largest absolute Gasteiger partial charge is 0.389 e. The summed E-state index contributed by atoms with van der Waals surface area (Å²) in [7, 11) is 0. The minimum absolute atomic E-state index is 0.0436. The van der Waals surface area contributed by atoms with Gasteiger partial charge in [0, 0.05) is 18.7 Å². The summed E-state index contributed by atoms with van der Waals surface area (Å²) in [6.07, 6.45) is 10.7. The molecule has 1 aromatic heterocycles. The molecule has 2 aliphatic carbocycles. The Hall–Kier alpha value is -1.20. The van der Waals surface area contributed by atoms with Crippen molar-refractivity contribution in [2.24, 2.45) is 0 Å². The van der Waals surface area contributed by atoms with Crippen LogP contribution in [-0.4, -0.2) is 44.5 Å². The summed E-state index contributed by atoms with van der Waals surface area (Å²) in [5, 5.41) is 15.4. The van der Waals surface area contributed by atoms with Crippen LogP contribution >= 0.6 is 0 Å². The summed E-state index contributed by atoms with van der Waals surface area (Å²) in [5.41, 5.74) is 1.82. The molecule has 132 valence electrons. The summed E-state index contributed by atoms with van der Waals surface area (Å²) < 4.78 is 1.69. The first-order valence-electron chi connectivity index (χ1n) is 9.69. The molecule has 0 amide bonds. The van der Waals surface area contributed by atoms with E-state index in [1.54, 1.807) is 4.68 Å². The standard InChI is InChI=1S/C19H29N3O2/c23-18-12-15-6-1-2-8-17(15)20-22(18)13-16-7-5-11-21(16)14-19(24)9-3-4-10-19/h12,16,24H,1-11,13-14H2. The zero-order valence-electron chi connectivity index (χ0n) is 14.5. The van der Waals surface area contributed by atoms with Crippen LogP contribution in [0, 0.1) is 0 Å². The Morgan fingerprint density at radius 2 is 1.96 bits per heavy atom. The molecule has 1 unspecified atom stereocenters. The van der Waals surface area contributed by atoms with Gasteiger partial charge in [-0.3, -0.25) is 9.69 Å². The number of rotatable bonds is 4. The smallest absolute Gasteiger partial charge is 0.267 e. The third-order valence-corrected chi connectivity index (χ3v) is 6.19. The molecule has 3 aliphatic rings. The molecule has 2 fully saturated rings. The van der Waals surface area contributed by atoms with E-state index in [1.807, 2.05) is 6.07 Å².